The summed E-state index contributed by atoms with van der Waals surface area (Å²) in [6.07, 6.45) is -5.26. The van der Waals surface area contributed by atoms with Gasteiger partial charge in [0.1, 0.15) is 0 Å². The summed E-state index contributed by atoms with van der Waals surface area (Å²) in [5.41, 5.74) is 1.20. The van der Waals surface area contributed by atoms with Crippen LogP contribution in [0, 0.1) is 6.92 Å². The number of halogens is 3. The van der Waals surface area contributed by atoms with Crippen molar-refractivity contribution >= 4 is 17.1 Å². The zero-order valence-electron chi connectivity index (χ0n) is 6.81. The van der Waals surface area contributed by atoms with E-state index in [9.17, 15) is 18.0 Å². The Morgan fingerprint density at radius 2 is 2.08 bits per heavy atom. The van der Waals surface area contributed by atoms with Gasteiger partial charge in [-0.3, -0.25) is 4.79 Å². The van der Waals surface area contributed by atoms with Crippen molar-refractivity contribution in [3.8, 4) is 0 Å². The summed E-state index contributed by atoms with van der Waals surface area (Å²) >= 11 is 1.30. The lowest BCUT2D eigenvalue weighted by Crippen LogP contribution is -2.24. The Balaban J connectivity index is 2.71. The summed E-state index contributed by atoms with van der Waals surface area (Å²) in [6.45, 7) is 1.69. The molecule has 0 aliphatic heterocycles. The lowest BCUT2D eigenvalue weighted by molar-refractivity contribution is -0.170. The second-order valence-electron chi connectivity index (χ2n) is 2.68. The second-order valence-corrected chi connectivity index (χ2v) is 3.42. The van der Waals surface area contributed by atoms with Crippen LogP contribution in [0.1, 0.15) is 11.1 Å². The van der Waals surface area contributed by atoms with Crippen molar-refractivity contribution in [1.29, 1.82) is 0 Å². The molecule has 0 saturated heterocycles. The minimum atomic E-state index is -4.71. The van der Waals surface area contributed by atoms with Crippen LogP contribution < -0.4 is 0 Å². The molecule has 1 heterocycles. The Bertz CT molecular complexity index is 313. The molecule has 1 rings (SSSR count). The van der Waals surface area contributed by atoms with Crippen LogP contribution in [0.15, 0.2) is 10.8 Å². The third-order valence-corrected chi connectivity index (χ3v) is 2.54. The summed E-state index contributed by atoms with van der Waals surface area (Å²) in [5.74, 6) is -1.69. The van der Waals surface area contributed by atoms with Gasteiger partial charge in [-0.25, -0.2) is 0 Å². The number of ketones is 1. The van der Waals surface area contributed by atoms with E-state index in [1.807, 2.05) is 0 Å². The fourth-order valence-electron chi connectivity index (χ4n) is 0.841. The smallest absolute Gasteiger partial charge is 0.289 e. The number of thiophene rings is 1. The van der Waals surface area contributed by atoms with E-state index >= 15 is 0 Å². The van der Waals surface area contributed by atoms with Crippen molar-refractivity contribution in [2.24, 2.45) is 0 Å². The summed E-state index contributed by atoms with van der Waals surface area (Å²) in [4.78, 5) is 10.6. The van der Waals surface area contributed by atoms with Crippen LogP contribution in [-0.2, 0) is 11.2 Å². The summed E-state index contributed by atoms with van der Waals surface area (Å²) in [5, 5.41) is 3.29. The van der Waals surface area contributed by atoms with Gasteiger partial charge in [0.2, 0.25) is 5.78 Å². The van der Waals surface area contributed by atoms with Crippen molar-refractivity contribution in [1.82, 2.24) is 0 Å². The highest BCUT2D eigenvalue weighted by Gasteiger charge is 2.37. The van der Waals surface area contributed by atoms with Gasteiger partial charge in [-0.2, -0.15) is 24.5 Å². The number of aryl methyl sites for hydroxylation is 1. The molecular weight excluding hydrogens is 201 g/mol. The number of rotatable bonds is 2. The normalized spacial score (nSPS) is 11.7. The van der Waals surface area contributed by atoms with Gasteiger partial charge in [0.25, 0.3) is 0 Å². The zero-order valence-corrected chi connectivity index (χ0v) is 7.63. The monoisotopic (exact) mass is 208 g/mol. The van der Waals surface area contributed by atoms with E-state index in [2.05, 4.69) is 0 Å². The first-order chi connectivity index (χ1) is 5.91. The van der Waals surface area contributed by atoms with Crippen LogP contribution in [0.5, 0.6) is 0 Å². The highest BCUT2D eigenvalue weighted by molar-refractivity contribution is 7.08. The molecule has 0 fully saturated rings. The fourth-order valence-corrected chi connectivity index (χ4v) is 1.70. The highest BCUT2D eigenvalue weighted by Crippen LogP contribution is 2.21. The van der Waals surface area contributed by atoms with Gasteiger partial charge in [0.05, 0.1) is 0 Å². The molecule has 0 saturated carbocycles. The molecule has 13 heavy (non-hydrogen) atoms. The Morgan fingerprint density at radius 1 is 1.46 bits per heavy atom. The molecule has 0 amide bonds. The molecule has 0 bridgehead atoms. The minimum Gasteiger partial charge on any atom is -0.289 e. The lowest BCUT2D eigenvalue weighted by atomic mass is 10.1. The standard InChI is InChI=1S/C8H7F3OS/c1-5-3-13-4-6(5)2-7(12)8(9,10)11/h3-4H,2H2,1H3. The predicted molar refractivity (Wildman–Crippen MR) is 43.8 cm³/mol. The molecule has 0 aliphatic carbocycles. The van der Waals surface area contributed by atoms with Gasteiger partial charge in [0.15, 0.2) is 0 Å². The Labute approximate surface area is 77.2 Å². The summed E-state index contributed by atoms with van der Waals surface area (Å²) in [7, 11) is 0. The molecule has 72 valence electrons. The van der Waals surface area contributed by atoms with Gasteiger partial charge >= 0.3 is 6.18 Å². The first-order valence-corrected chi connectivity index (χ1v) is 4.47. The topological polar surface area (TPSA) is 17.1 Å². The number of alkyl halides is 3. The van der Waals surface area contributed by atoms with Crippen LogP contribution in [0.3, 0.4) is 0 Å². The van der Waals surface area contributed by atoms with Crippen LogP contribution in [0.25, 0.3) is 0 Å². The largest absolute Gasteiger partial charge is 0.450 e. The molecule has 0 aromatic carbocycles. The molecule has 0 unspecified atom stereocenters. The maximum Gasteiger partial charge on any atom is 0.450 e. The second kappa shape index (κ2) is 3.49. The molecule has 1 aromatic heterocycles. The third kappa shape index (κ3) is 2.55. The average molecular weight is 208 g/mol. The van der Waals surface area contributed by atoms with Crippen LogP contribution in [0.4, 0.5) is 13.2 Å². The molecule has 0 spiro atoms. The quantitative estimate of drug-likeness (QED) is 0.730. The van der Waals surface area contributed by atoms with Gasteiger partial charge < -0.3 is 0 Å². The van der Waals surface area contributed by atoms with Crippen molar-refractivity contribution in [3.05, 3.63) is 21.9 Å². The molecule has 1 aromatic rings. The minimum absolute atomic E-state index is 0.465. The molecule has 1 nitrogen and oxygen atoms in total. The Morgan fingerprint density at radius 3 is 2.46 bits per heavy atom. The third-order valence-electron chi connectivity index (χ3n) is 1.63. The number of carbonyl (C=O) groups is 1. The van der Waals surface area contributed by atoms with E-state index < -0.39 is 18.4 Å². The molecule has 0 aliphatic rings. The van der Waals surface area contributed by atoms with Gasteiger partial charge in [-0.05, 0) is 28.8 Å². The van der Waals surface area contributed by atoms with E-state index in [0.717, 1.165) is 5.56 Å². The summed E-state index contributed by atoms with van der Waals surface area (Å²) < 4.78 is 35.5. The van der Waals surface area contributed by atoms with Crippen molar-refractivity contribution in [3.63, 3.8) is 0 Å². The van der Waals surface area contributed by atoms with Crippen LogP contribution in [0.2, 0.25) is 0 Å². The lowest BCUT2D eigenvalue weighted by Gasteiger charge is -2.03. The Hall–Kier alpha value is -0.840. The molecule has 0 N–H and O–H groups in total. The molecular formula is C8H7F3OS. The van der Waals surface area contributed by atoms with Gasteiger partial charge in [-0.15, -0.1) is 0 Å². The predicted octanol–water partition coefficient (Wildman–Crippen LogP) is 2.73. The molecule has 0 atom stereocenters. The number of carbonyl (C=O) groups excluding carboxylic acids is 1. The van der Waals surface area contributed by atoms with Crippen molar-refractivity contribution < 1.29 is 18.0 Å². The molecule has 5 heteroatoms. The first kappa shape index (κ1) is 10.2. The maximum atomic E-state index is 11.8. The number of hydrogen-bond donors (Lipinski definition) is 0. The van der Waals surface area contributed by atoms with Crippen LogP contribution in [-0.4, -0.2) is 12.0 Å². The van der Waals surface area contributed by atoms with Gasteiger partial charge in [-0.1, -0.05) is 0 Å². The average Bonchev–Trinajstić information content (AvgIpc) is 2.34. The van der Waals surface area contributed by atoms with Crippen molar-refractivity contribution in [2.75, 3.05) is 0 Å². The Kier molecular flexibility index (Phi) is 2.75. The number of hydrogen-bond acceptors (Lipinski definition) is 2. The maximum absolute atomic E-state index is 11.8. The number of Topliss-reactive ketones (excluding diaryl/α,β-unsaturated/α-hetero) is 1. The van der Waals surface area contributed by atoms with Gasteiger partial charge in [0, 0.05) is 6.42 Å². The highest BCUT2D eigenvalue weighted by atomic mass is 32.1. The molecule has 0 radical (unpaired) electrons. The van der Waals surface area contributed by atoms with E-state index in [1.54, 1.807) is 17.7 Å². The zero-order chi connectivity index (χ0) is 10.1. The SMILES string of the molecule is Cc1cscc1CC(=O)C(F)(F)F. The van der Waals surface area contributed by atoms with E-state index in [0.29, 0.717) is 5.56 Å². The van der Waals surface area contributed by atoms with E-state index in [1.165, 1.54) is 11.3 Å². The van der Waals surface area contributed by atoms with E-state index in [-0.39, 0.29) is 0 Å². The van der Waals surface area contributed by atoms with Crippen LogP contribution >= 0.6 is 11.3 Å². The van der Waals surface area contributed by atoms with E-state index in [4.69, 9.17) is 0 Å². The van der Waals surface area contributed by atoms with Crippen molar-refractivity contribution in [2.45, 2.75) is 19.5 Å². The summed E-state index contributed by atoms with van der Waals surface area (Å²) in [6, 6.07) is 0. The first-order valence-electron chi connectivity index (χ1n) is 3.53. The fraction of sp³-hybridized carbons (Fsp3) is 0.375.